The van der Waals surface area contributed by atoms with Gasteiger partial charge < -0.3 is 40.5 Å². The summed E-state index contributed by atoms with van der Waals surface area (Å²) in [6.45, 7) is 24.9. The van der Waals surface area contributed by atoms with Crippen molar-refractivity contribution < 1.29 is 64.7 Å². The molecular formula is C32H102FNO7Si3. The fraction of sp³-hybridized carbons (Fsp3) is 0.812. The number of aliphatic hydroxyl groups is 4. The van der Waals surface area contributed by atoms with E-state index in [1.165, 1.54) is 0 Å². The van der Waals surface area contributed by atoms with Crippen LogP contribution in [-0.4, -0.2) is 88.0 Å². The van der Waals surface area contributed by atoms with Crippen LogP contribution in [0.1, 0.15) is 90.9 Å². The highest BCUT2D eigenvalue weighted by molar-refractivity contribution is 6.84. The molecule has 4 fully saturated rings. The van der Waals surface area contributed by atoms with Crippen LogP contribution in [0, 0.1) is 35.8 Å². The van der Waals surface area contributed by atoms with Gasteiger partial charge in [0.15, 0.2) is 19.9 Å². The number of ether oxygens (including phenoxy) is 2. The van der Waals surface area contributed by atoms with Gasteiger partial charge in [0.25, 0.3) is 0 Å². The fourth-order valence-electron chi connectivity index (χ4n) is 2.53. The van der Waals surface area contributed by atoms with E-state index >= 15 is 0 Å². The molecule has 296 valence electrons. The van der Waals surface area contributed by atoms with Crippen molar-refractivity contribution in [3.63, 3.8) is 0 Å². The first-order chi connectivity index (χ1) is 19.0. The molecule has 4 rings (SSSR count). The van der Waals surface area contributed by atoms with Crippen molar-refractivity contribution in [1.82, 2.24) is 6.15 Å². The highest BCUT2D eigenvalue weighted by Crippen LogP contribution is 2.42. The van der Waals surface area contributed by atoms with Crippen LogP contribution in [-0.2, 0) is 13.9 Å². The average molecular weight is 716 g/mol. The molecule has 0 bridgehead atoms. The van der Waals surface area contributed by atoms with Crippen molar-refractivity contribution in [2.45, 2.75) is 147 Å². The summed E-state index contributed by atoms with van der Waals surface area (Å²) >= 11 is 0. The van der Waals surface area contributed by atoms with Gasteiger partial charge in [-0.15, -0.1) is 23.9 Å². The lowest BCUT2D eigenvalue weighted by Crippen LogP contribution is -2.34. The second-order valence-electron chi connectivity index (χ2n) is 14.0. The van der Waals surface area contributed by atoms with Crippen LogP contribution in [0.25, 0.3) is 0 Å². The first-order valence-electron chi connectivity index (χ1n) is 15.1. The molecule has 0 aromatic carbocycles. The van der Waals surface area contributed by atoms with Crippen molar-refractivity contribution in [3.8, 4) is 35.8 Å². The SMILES string of the molecule is C#CC1(O)CC1.C#C[Si](C)(C)C.CCOC1(O)CC1.CCOC1(O[Si](C)(C)C)CC1.CO.C[Si](C)(C)C#CC1(O)CC1.F.N.[HH].[HH].[HH].[HH].[HH].[HH].[HH].[HH].[HH].[HH].[HH].[HH].[HH].[HH].[HH].[HH].[HH].[HH]. The summed E-state index contributed by atoms with van der Waals surface area (Å²) < 4.78 is 16.3. The average Bonchev–Trinajstić information content (AvgIpc) is 3.67. The second-order valence-corrected chi connectivity index (χ2v) is 28.0. The highest BCUT2D eigenvalue weighted by atomic mass is 28.4. The monoisotopic (exact) mass is 716 g/mol. The maximum Gasteiger partial charge on any atom is 0.187 e. The summed E-state index contributed by atoms with van der Waals surface area (Å²) in [4.78, 5) is 0. The minimum Gasteiger partial charge on any atom is -0.400 e. The number of hydrogen-bond donors (Lipinski definition) is 5. The van der Waals surface area contributed by atoms with Gasteiger partial charge in [-0.05, 0) is 59.2 Å². The molecule has 0 heterocycles. The molecule has 8 nitrogen and oxygen atoms in total. The smallest absolute Gasteiger partial charge is 0.187 e. The summed E-state index contributed by atoms with van der Waals surface area (Å²) in [6.07, 6.45) is 17.2. The quantitative estimate of drug-likeness (QED) is 0.104. The zero-order chi connectivity index (χ0) is 33.5. The Hall–Kier alpha value is -1.06. The van der Waals surface area contributed by atoms with Crippen LogP contribution in [0.4, 0.5) is 4.70 Å². The molecule has 0 radical (unpaired) electrons. The molecule has 7 N–H and O–H groups in total. The van der Waals surface area contributed by atoms with Crippen molar-refractivity contribution >= 4 is 24.5 Å². The topological polar surface area (TPSA) is 144 Å². The van der Waals surface area contributed by atoms with Crippen LogP contribution < -0.4 is 6.15 Å². The van der Waals surface area contributed by atoms with Gasteiger partial charge in [0, 0.05) is 71.7 Å². The van der Waals surface area contributed by atoms with Crippen LogP contribution in [0.3, 0.4) is 0 Å². The predicted octanol–water partition coefficient (Wildman–Crippen LogP) is 10.3. The molecule has 4 saturated carbocycles. The Labute approximate surface area is 298 Å². The Bertz CT molecular complexity index is 949. The van der Waals surface area contributed by atoms with E-state index in [4.69, 9.17) is 42.1 Å². The standard InChI is InChI=1S/C8H18O2Si.C8H14OSi.C5H10O2.C5H6O.C5H10Si.CH4O.FH.H3N.18H2/c1-5-9-8(6-7-8)10-11(2,3)4;1-10(2,3)7-6-8(9)4-5-8;1-2-7-5(6)3-4-5;1-2-5(6)3-4-5;1-5-6(2,3)4;1-2;;;;;;;;;;;;;;;;;;;;/h5-7H2,1-4H3;9H,4-5H2,1-3H3;6H,2-4H2,1H3;1,6H,3-4H2;1H,2-4H3;2H,1H3;1H;1H3;18*1H. The van der Waals surface area contributed by atoms with Crippen molar-refractivity contribution in [1.29, 1.82) is 0 Å². The molecule has 0 spiro atoms. The third kappa shape index (κ3) is 30.9. The summed E-state index contributed by atoms with van der Waals surface area (Å²) in [5.41, 5.74) is 4.66. The van der Waals surface area contributed by atoms with Gasteiger partial charge in [-0.1, -0.05) is 51.1 Å². The minimum atomic E-state index is -1.39. The zero-order valence-corrected chi connectivity index (χ0v) is 32.9. The van der Waals surface area contributed by atoms with Crippen LogP contribution in [0.15, 0.2) is 0 Å². The van der Waals surface area contributed by atoms with E-state index in [0.29, 0.717) is 6.61 Å². The number of rotatable bonds is 6. The molecule has 44 heavy (non-hydrogen) atoms. The summed E-state index contributed by atoms with van der Waals surface area (Å²) in [5.74, 6) is 4.36. The van der Waals surface area contributed by atoms with Crippen LogP contribution >= 0.6 is 0 Å². The lowest BCUT2D eigenvalue weighted by atomic mass is 10.4. The van der Waals surface area contributed by atoms with Gasteiger partial charge in [-0.2, -0.15) is 0 Å². The number of halogens is 1. The van der Waals surface area contributed by atoms with Crippen molar-refractivity contribution in [2.75, 3.05) is 20.3 Å². The molecule has 0 aliphatic heterocycles. The lowest BCUT2D eigenvalue weighted by Gasteiger charge is -2.25. The lowest BCUT2D eigenvalue weighted by molar-refractivity contribution is -0.120. The van der Waals surface area contributed by atoms with Gasteiger partial charge in [-0.25, -0.2) is 0 Å². The molecule has 12 heteroatoms. The number of aliphatic hydroxyl groups excluding tert-OH is 1. The van der Waals surface area contributed by atoms with E-state index in [2.05, 4.69) is 81.9 Å². The zero-order valence-electron chi connectivity index (χ0n) is 29.9. The first kappa shape index (κ1) is 49.8. The molecular weight excluding hydrogens is 614 g/mol. The van der Waals surface area contributed by atoms with E-state index in [1.807, 2.05) is 13.8 Å². The van der Waals surface area contributed by atoms with Gasteiger partial charge in [0.05, 0.1) is 0 Å². The van der Waals surface area contributed by atoms with Gasteiger partial charge in [0.1, 0.15) is 27.3 Å². The number of terminal acetylenes is 2. The Balaban J connectivity index is -0.0000000150. The van der Waals surface area contributed by atoms with Crippen molar-refractivity contribution in [3.05, 3.63) is 0 Å². The predicted molar refractivity (Wildman–Crippen MR) is 228 cm³/mol. The normalized spacial score (nSPS) is 19.2. The van der Waals surface area contributed by atoms with Crippen molar-refractivity contribution in [2.24, 2.45) is 0 Å². The van der Waals surface area contributed by atoms with Gasteiger partial charge in [0.2, 0.25) is 0 Å². The van der Waals surface area contributed by atoms with E-state index in [9.17, 15) is 5.11 Å². The van der Waals surface area contributed by atoms with E-state index in [-0.39, 0.29) is 42.3 Å². The molecule has 0 saturated heterocycles. The number of hydrogen-bond acceptors (Lipinski definition) is 8. The summed E-state index contributed by atoms with van der Waals surface area (Å²) in [6, 6.07) is 0. The Morgan fingerprint density at radius 1 is 0.682 bits per heavy atom. The Kier molecular flexibility index (Phi) is 23.7. The van der Waals surface area contributed by atoms with E-state index in [0.717, 1.165) is 65.1 Å². The Morgan fingerprint density at radius 3 is 1.23 bits per heavy atom. The minimum absolute atomic E-state index is 0. The Morgan fingerprint density at radius 2 is 1.07 bits per heavy atom. The van der Waals surface area contributed by atoms with Gasteiger partial charge >= 0.3 is 0 Å². The first-order valence-corrected chi connectivity index (χ1v) is 25.5. The molecule has 0 amide bonds. The molecule has 4 aliphatic carbocycles. The third-order valence-corrected chi connectivity index (χ3v) is 8.19. The van der Waals surface area contributed by atoms with E-state index in [1.54, 1.807) is 0 Å². The summed E-state index contributed by atoms with van der Waals surface area (Å²) in [7, 11) is -2.74. The summed E-state index contributed by atoms with van der Waals surface area (Å²) in [5, 5.41) is 33.9. The molecule has 0 unspecified atom stereocenters. The molecule has 0 aromatic heterocycles. The maximum atomic E-state index is 9.34. The molecule has 0 atom stereocenters. The largest absolute Gasteiger partial charge is 0.400 e. The maximum absolute atomic E-state index is 9.34. The fourth-order valence-corrected chi connectivity index (χ4v) is 4.52. The molecule has 0 aromatic rings. The van der Waals surface area contributed by atoms with Crippen LogP contribution in [0.2, 0.25) is 58.9 Å². The van der Waals surface area contributed by atoms with E-state index < -0.39 is 41.5 Å². The highest BCUT2D eigenvalue weighted by Gasteiger charge is 2.48. The van der Waals surface area contributed by atoms with Gasteiger partial charge in [-0.3, -0.25) is 4.70 Å². The third-order valence-electron chi connectivity index (χ3n) is 5.47. The molecule has 4 aliphatic rings. The second kappa shape index (κ2) is 20.9. The van der Waals surface area contributed by atoms with Crippen LogP contribution in [0.5, 0.6) is 0 Å².